The summed E-state index contributed by atoms with van der Waals surface area (Å²) in [6.07, 6.45) is 3.91. The highest BCUT2D eigenvalue weighted by Gasteiger charge is 1.98. The summed E-state index contributed by atoms with van der Waals surface area (Å²) in [4.78, 5) is 4.06. The smallest absolute Gasteiger partial charge is 0.126 e. The summed E-state index contributed by atoms with van der Waals surface area (Å²) in [5, 5.41) is 3.41. The highest BCUT2D eigenvalue weighted by atomic mass is 14.9. The SMILES string of the molecule is CC(C)CCNCCc1cccnc1N. The third-order valence-corrected chi connectivity index (χ3v) is 2.40. The summed E-state index contributed by atoms with van der Waals surface area (Å²) < 4.78 is 0. The van der Waals surface area contributed by atoms with Crippen LogP contribution in [0.1, 0.15) is 25.8 Å². The largest absolute Gasteiger partial charge is 0.383 e. The quantitative estimate of drug-likeness (QED) is 0.700. The Bertz CT molecular complexity index is 284. The topological polar surface area (TPSA) is 50.9 Å². The van der Waals surface area contributed by atoms with Crippen molar-refractivity contribution >= 4 is 5.82 Å². The van der Waals surface area contributed by atoms with E-state index in [2.05, 4.69) is 24.1 Å². The maximum Gasteiger partial charge on any atom is 0.126 e. The zero-order valence-corrected chi connectivity index (χ0v) is 9.66. The summed E-state index contributed by atoms with van der Waals surface area (Å²) in [6, 6.07) is 3.96. The van der Waals surface area contributed by atoms with Gasteiger partial charge in [0.25, 0.3) is 0 Å². The Balaban J connectivity index is 2.18. The van der Waals surface area contributed by atoms with Gasteiger partial charge in [-0.1, -0.05) is 19.9 Å². The second-order valence-electron chi connectivity index (χ2n) is 4.23. The summed E-state index contributed by atoms with van der Waals surface area (Å²) in [5.74, 6) is 1.42. The van der Waals surface area contributed by atoms with Crippen LogP contribution in [0.5, 0.6) is 0 Å². The van der Waals surface area contributed by atoms with Gasteiger partial charge in [-0.05, 0) is 43.5 Å². The number of nitrogens with one attached hydrogen (secondary N) is 1. The molecule has 0 amide bonds. The minimum atomic E-state index is 0.656. The predicted molar refractivity (Wildman–Crippen MR) is 64.7 cm³/mol. The first-order valence-corrected chi connectivity index (χ1v) is 5.60. The number of pyridine rings is 1. The number of aromatic nitrogens is 1. The molecule has 0 radical (unpaired) electrons. The van der Waals surface area contributed by atoms with Gasteiger partial charge in [-0.3, -0.25) is 0 Å². The van der Waals surface area contributed by atoms with Gasteiger partial charge in [0, 0.05) is 6.20 Å². The fraction of sp³-hybridized carbons (Fsp3) is 0.583. The van der Waals surface area contributed by atoms with Crippen LogP contribution >= 0.6 is 0 Å². The van der Waals surface area contributed by atoms with Crippen LogP contribution in [0.25, 0.3) is 0 Å². The van der Waals surface area contributed by atoms with E-state index in [-0.39, 0.29) is 0 Å². The van der Waals surface area contributed by atoms with E-state index >= 15 is 0 Å². The molecule has 1 heterocycles. The molecule has 0 bridgehead atoms. The molecule has 0 aromatic carbocycles. The Kier molecular flexibility index (Phi) is 5.12. The van der Waals surface area contributed by atoms with Crippen molar-refractivity contribution in [3.05, 3.63) is 23.9 Å². The molecule has 0 fully saturated rings. The highest BCUT2D eigenvalue weighted by molar-refractivity contribution is 5.38. The van der Waals surface area contributed by atoms with Gasteiger partial charge < -0.3 is 11.1 Å². The lowest BCUT2D eigenvalue weighted by atomic mass is 10.1. The van der Waals surface area contributed by atoms with E-state index in [0.29, 0.717) is 5.82 Å². The Morgan fingerprint density at radius 3 is 2.87 bits per heavy atom. The van der Waals surface area contributed by atoms with Gasteiger partial charge in [-0.25, -0.2) is 4.98 Å². The van der Waals surface area contributed by atoms with E-state index in [1.165, 1.54) is 6.42 Å². The van der Waals surface area contributed by atoms with Crippen LogP contribution in [0.15, 0.2) is 18.3 Å². The lowest BCUT2D eigenvalue weighted by Gasteiger charge is -2.07. The van der Waals surface area contributed by atoms with Crippen LogP contribution in [0.4, 0.5) is 5.82 Å². The lowest BCUT2D eigenvalue weighted by molar-refractivity contribution is 0.539. The third kappa shape index (κ3) is 4.79. The second-order valence-corrected chi connectivity index (χ2v) is 4.23. The molecule has 1 aromatic heterocycles. The van der Waals surface area contributed by atoms with Gasteiger partial charge >= 0.3 is 0 Å². The Hall–Kier alpha value is -1.09. The average molecular weight is 207 g/mol. The molecule has 0 unspecified atom stereocenters. The molecule has 1 rings (SSSR count). The first-order valence-electron chi connectivity index (χ1n) is 5.60. The molecule has 0 atom stereocenters. The predicted octanol–water partition coefficient (Wildman–Crippen LogP) is 1.84. The molecule has 0 aliphatic rings. The van der Waals surface area contributed by atoms with E-state index in [1.807, 2.05) is 12.1 Å². The molecule has 3 nitrogen and oxygen atoms in total. The molecule has 3 heteroatoms. The second kappa shape index (κ2) is 6.40. The van der Waals surface area contributed by atoms with Gasteiger partial charge in [0.05, 0.1) is 0 Å². The Morgan fingerprint density at radius 1 is 1.40 bits per heavy atom. The van der Waals surface area contributed by atoms with Crippen LogP contribution < -0.4 is 11.1 Å². The van der Waals surface area contributed by atoms with Gasteiger partial charge in [0.2, 0.25) is 0 Å². The fourth-order valence-corrected chi connectivity index (χ4v) is 1.40. The van der Waals surface area contributed by atoms with Crippen molar-refractivity contribution in [2.24, 2.45) is 5.92 Å². The number of anilines is 1. The molecule has 84 valence electrons. The average Bonchev–Trinajstić information content (AvgIpc) is 2.20. The lowest BCUT2D eigenvalue weighted by Crippen LogP contribution is -2.20. The van der Waals surface area contributed by atoms with E-state index in [9.17, 15) is 0 Å². The molecule has 0 aliphatic carbocycles. The van der Waals surface area contributed by atoms with E-state index in [0.717, 1.165) is 31.0 Å². The minimum absolute atomic E-state index is 0.656. The molecular weight excluding hydrogens is 186 g/mol. The van der Waals surface area contributed by atoms with Gasteiger partial charge in [0.15, 0.2) is 0 Å². The summed E-state index contributed by atoms with van der Waals surface area (Å²) >= 11 is 0. The van der Waals surface area contributed by atoms with Crippen LogP contribution in [0.3, 0.4) is 0 Å². The molecule has 15 heavy (non-hydrogen) atoms. The fourth-order valence-electron chi connectivity index (χ4n) is 1.40. The van der Waals surface area contributed by atoms with Crippen LogP contribution in [0, 0.1) is 5.92 Å². The zero-order valence-electron chi connectivity index (χ0n) is 9.66. The molecule has 0 saturated carbocycles. The molecule has 3 N–H and O–H groups in total. The maximum absolute atomic E-state index is 5.74. The molecule has 1 aromatic rings. The van der Waals surface area contributed by atoms with E-state index in [4.69, 9.17) is 5.73 Å². The first kappa shape index (κ1) is 12.0. The van der Waals surface area contributed by atoms with Crippen molar-refractivity contribution in [2.75, 3.05) is 18.8 Å². The Labute approximate surface area is 92.1 Å². The minimum Gasteiger partial charge on any atom is -0.383 e. The van der Waals surface area contributed by atoms with Gasteiger partial charge in [0.1, 0.15) is 5.82 Å². The van der Waals surface area contributed by atoms with E-state index in [1.54, 1.807) is 6.20 Å². The highest BCUT2D eigenvalue weighted by Crippen LogP contribution is 2.06. The summed E-state index contributed by atoms with van der Waals surface area (Å²) in [5.41, 5.74) is 6.88. The molecule has 0 saturated heterocycles. The van der Waals surface area contributed by atoms with Crippen molar-refractivity contribution in [3.63, 3.8) is 0 Å². The number of hydrogen-bond acceptors (Lipinski definition) is 3. The van der Waals surface area contributed by atoms with Crippen molar-refractivity contribution in [1.82, 2.24) is 10.3 Å². The number of nitrogens with zero attached hydrogens (tertiary/aromatic N) is 1. The zero-order chi connectivity index (χ0) is 11.1. The third-order valence-electron chi connectivity index (χ3n) is 2.40. The maximum atomic E-state index is 5.74. The molecular formula is C12H21N3. The van der Waals surface area contributed by atoms with E-state index < -0.39 is 0 Å². The number of rotatable bonds is 6. The first-order chi connectivity index (χ1) is 7.20. The van der Waals surface area contributed by atoms with Crippen molar-refractivity contribution in [1.29, 1.82) is 0 Å². The number of nitrogen functional groups attached to an aromatic ring is 1. The van der Waals surface area contributed by atoms with Crippen molar-refractivity contribution in [3.8, 4) is 0 Å². The normalized spacial score (nSPS) is 10.9. The molecule has 0 aliphatic heterocycles. The van der Waals surface area contributed by atoms with Gasteiger partial charge in [-0.15, -0.1) is 0 Å². The monoisotopic (exact) mass is 207 g/mol. The Morgan fingerprint density at radius 2 is 2.20 bits per heavy atom. The molecule has 0 spiro atoms. The number of nitrogens with two attached hydrogens (primary N) is 1. The van der Waals surface area contributed by atoms with Crippen LogP contribution in [0.2, 0.25) is 0 Å². The van der Waals surface area contributed by atoms with Crippen LogP contribution in [-0.2, 0) is 6.42 Å². The summed E-state index contributed by atoms with van der Waals surface area (Å²) in [6.45, 7) is 6.53. The van der Waals surface area contributed by atoms with Gasteiger partial charge in [-0.2, -0.15) is 0 Å². The summed E-state index contributed by atoms with van der Waals surface area (Å²) in [7, 11) is 0. The standard InChI is InChI=1S/C12H21N3/c1-10(2)5-8-14-9-6-11-4-3-7-15-12(11)13/h3-4,7,10,14H,5-6,8-9H2,1-2H3,(H2,13,15). The van der Waals surface area contributed by atoms with Crippen molar-refractivity contribution < 1.29 is 0 Å². The van der Waals surface area contributed by atoms with Crippen molar-refractivity contribution in [2.45, 2.75) is 26.7 Å². The number of hydrogen-bond donors (Lipinski definition) is 2. The van der Waals surface area contributed by atoms with Crippen LogP contribution in [-0.4, -0.2) is 18.1 Å².